The number of hydrogen-bond donors (Lipinski definition) is 1. The fraction of sp³-hybridized carbons (Fsp3) is 0.167. The first-order valence-electron chi connectivity index (χ1n) is 4.90. The van der Waals surface area contributed by atoms with Crippen LogP contribution in [-0.4, -0.2) is 12.7 Å². The van der Waals surface area contributed by atoms with Crippen molar-refractivity contribution in [1.82, 2.24) is 4.31 Å². The van der Waals surface area contributed by atoms with Crippen molar-refractivity contribution >= 4 is 10.9 Å². The van der Waals surface area contributed by atoms with Gasteiger partial charge in [-0.15, -0.1) is 0 Å². The van der Waals surface area contributed by atoms with E-state index in [0.29, 0.717) is 12.2 Å². The topological polar surface area (TPSA) is 37.4 Å². The molecule has 1 aromatic rings. The molecule has 0 saturated carbocycles. The molecular formula is C12H15NO2S. The number of rotatable bonds is 5. The quantitative estimate of drug-likeness (QED) is 0.629. The molecule has 16 heavy (non-hydrogen) atoms. The Hall–Kier alpha value is -1.55. The van der Waals surface area contributed by atoms with Crippen molar-refractivity contribution in [2.75, 3.05) is 0 Å². The van der Waals surface area contributed by atoms with E-state index in [2.05, 4.69) is 6.58 Å². The molecule has 0 aliphatic heterocycles. The van der Waals surface area contributed by atoms with Gasteiger partial charge in [0.1, 0.15) is 0 Å². The average Bonchev–Trinajstić information content (AvgIpc) is 2.27. The van der Waals surface area contributed by atoms with E-state index in [1.165, 1.54) is 4.31 Å². The van der Waals surface area contributed by atoms with Gasteiger partial charge in [-0.2, -0.15) is 0 Å². The molecule has 0 spiro atoms. The van der Waals surface area contributed by atoms with Crippen LogP contribution in [0.1, 0.15) is 12.5 Å². The van der Waals surface area contributed by atoms with Crippen LogP contribution in [0.15, 0.2) is 54.8 Å². The lowest BCUT2D eigenvalue weighted by atomic mass is 10.2. The van der Waals surface area contributed by atoms with E-state index >= 15 is 0 Å². The smallest absolute Gasteiger partial charge is 0.225 e. The summed E-state index contributed by atoms with van der Waals surface area (Å²) in [4.78, 5) is 0. The number of benzene rings is 1. The molecule has 86 valence electrons. The van der Waals surface area contributed by atoms with E-state index in [9.17, 15) is 8.42 Å². The minimum Gasteiger partial charge on any atom is -0.272 e. The summed E-state index contributed by atoms with van der Waals surface area (Å²) >= 11 is 0. The van der Waals surface area contributed by atoms with Crippen LogP contribution in [-0.2, 0) is 17.4 Å². The van der Waals surface area contributed by atoms with Gasteiger partial charge in [0.2, 0.25) is 10.9 Å². The minimum absolute atomic E-state index is 0.357. The Labute approximate surface area is 97.8 Å². The Morgan fingerprint density at radius 1 is 1.38 bits per heavy atom. The van der Waals surface area contributed by atoms with Crippen molar-refractivity contribution in [3.8, 4) is 0 Å². The van der Waals surface area contributed by atoms with E-state index < -0.39 is 10.9 Å². The van der Waals surface area contributed by atoms with Gasteiger partial charge in [0, 0.05) is 5.70 Å². The van der Waals surface area contributed by atoms with Crippen molar-refractivity contribution < 1.29 is 8.42 Å². The average molecular weight is 237 g/mol. The van der Waals surface area contributed by atoms with Crippen LogP contribution in [0.3, 0.4) is 0 Å². The molecule has 0 aromatic heterocycles. The summed E-state index contributed by atoms with van der Waals surface area (Å²) < 4.78 is 23.5. The van der Waals surface area contributed by atoms with Gasteiger partial charge in [-0.1, -0.05) is 43.0 Å². The van der Waals surface area contributed by atoms with E-state index in [-0.39, 0.29) is 0 Å². The SMILES string of the molecule is C=C/C=C(\C)N(Cc1ccccc1)[SH](=O)=O. The molecule has 3 nitrogen and oxygen atoms in total. The Balaban J connectivity index is 2.89. The first-order valence-corrected chi connectivity index (χ1v) is 6.03. The molecule has 0 fully saturated rings. The molecule has 0 atom stereocenters. The standard InChI is InChI=1S/C12H15NO2S/c1-3-7-11(2)13(16(14)15)10-12-8-5-4-6-9-12/h3-9,16H,1,10H2,2H3/b11-7+. The van der Waals surface area contributed by atoms with Gasteiger partial charge in [0.25, 0.3) is 0 Å². The van der Waals surface area contributed by atoms with Crippen LogP contribution in [0.2, 0.25) is 0 Å². The van der Waals surface area contributed by atoms with Gasteiger partial charge in [-0.3, -0.25) is 4.31 Å². The normalized spacial score (nSPS) is 11.5. The molecule has 4 heteroatoms. The fourth-order valence-corrected chi connectivity index (χ4v) is 1.93. The van der Waals surface area contributed by atoms with Crippen LogP contribution < -0.4 is 0 Å². The van der Waals surface area contributed by atoms with E-state index in [0.717, 1.165) is 5.56 Å². The minimum atomic E-state index is -2.62. The Morgan fingerprint density at radius 2 is 2.00 bits per heavy atom. The second kappa shape index (κ2) is 6.12. The first-order chi connectivity index (χ1) is 7.65. The Kier molecular flexibility index (Phi) is 4.79. The summed E-state index contributed by atoms with van der Waals surface area (Å²) in [5.74, 6) is 0. The molecular weight excluding hydrogens is 222 g/mol. The van der Waals surface area contributed by atoms with Crippen LogP contribution in [0.25, 0.3) is 0 Å². The van der Waals surface area contributed by atoms with Crippen molar-refractivity contribution in [1.29, 1.82) is 0 Å². The van der Waals surface area contributed by atoms with Crippen LogP contribution in [0.4, 0.5) is 0 Å². The van der Waals surface area contributed by atoms with Crippen LogP contribution in [0.5, 0.6) is 0 Å². The first kappa shape index (κ1) is 12.5. The molecule has 0 heterocycles. The lowest BCUT2D eigenvalue weighted by Gasteiger charge is -2.17. The van der Waals surface area contributed by atoms with Gasteiger partial charge in [-0.05, 0) is 18.6 Å². The van der Waals surface area contributed by atoms with Gasteiger partial charge in [0.05, 0.1) is 6.54 Å². The highest BCUT2D eigenvalue weighted by atomic mass is 32.2. The Bertz CT molecular complexity index is 441. The maximum absolute atomic E-state index is 11.1. The molecule has 0 unspecified atom stereocenters. The van der Waals surface area contributed by atoms with Crippen LogP contribution in [0, 0.1) is 0 Å². The summed E-state index contributed by atoms with van der Waals surface area (Å²) in [5, 5.41) is 0. The zero-order chi connectivity index (χ0) is 12.0. The predicted octanol–water partition coefficient (Wildman–Crippen LogP) is 2.10. The summed E-state index contributed by atoms with van der Waals surface area (Å²) in [6, 6.07) is 9.47. The summed E-state index contributed by atoms with van der Waals surface area (Å²) in [6.45, 7) is 5.65. The lowest BCUT2D eigenvalue weighted by molar-refractivity contribution is 0.492. The number of nitrogens with zero attached hydrogens (tertiary/aromatic N) is 1. The molecule has 0 radical (unpaired) electrons. The zero-order valence-electron chi connectivity index (χ0n) is 9.17. The highest BCUT2D eigenvalue weighted by Crippen LogP contribution is 2.10. The molecule has 0 N–H and O–H groups in total. The second-order valence-corrected chi connectivity index (χ2v) is 4.28. The van der Waals surface area contributed by atoms with Crippen molar-refractivity contribution in [3.05, 3.63) is 60.3 Å². The summed E-state index contributed by atoms with van der Waals surface area (Å²) in [7, 11) is -2.62. The number of thiol groups is 1. The van der Waals surface area contributed by atoms with Gasteiger partial charge >= 0.3 is 0 Å². The number of allylic oxidation sites excluding steroid dienone is 3. The molecule has 1 aromatic carbocycles. The molecule has 0 amide bonds. The van der Waals surface area contributed by atoms with Crippen molar-refractivity contribution in [3.63, 3.8) is 0 Å². The van der Waals surface area contributed by atoms with Gasteiger partial charge in [0.15, 0.2) is 0 Å². The summed E-state index contributed by atoms with van der Waals surface area (Å²) in [5.41, 5.74) is 1.62. The number of hydrogen-bond acceptors (Lipinski definition) is 2. The van der Waals surface area contributed by atoms with Gasteiger partial charge in [-0.25, -0.2) is 8.42 Å². The maximum Gasteiger partial charge on any atom is 0.225 e. The lowest BCUT2D eigenvalue weighted by Crippen LogP contribution is -2.19. The van der Waals surface area contributed by atoms with Crippen molar-refractivity contribution in [2.24, 2.45) is 0 Å². The summed E-state index contributed by atoms with van der Waals surface area (Å²) in [6.07, 6.45) is 3.25. The van der Waals surface area contributed by atoms with E-state index in [1.54, 1.807) is 19.1 Å². The maximum atomic E-state index is 11.1. The van der Waals surface area contributed by atoms with Crippen molar-refractivity contribution in [2.45, 2.75) is 13.5 Å². The van der Waals surface area contributed by atoms with E-state index in [1.807, 2.05) is 30.3 Å². The zero-order valence-corrected chi connectivity index (χ0v) is 10.1. The third kappa shape index (κ3) is 3.55. The molecule has 0 bridgehead atoms. The molecule has 0 aliphatic rings. The molecule has 1 rings (SSSR count). The monoisotopic (exact) mass is 237 g/mol. The highest BCUT2D eigenvalue weighted by Gasteiger charge is 2.07. The predicted molar refractivity (Wildman–Crippen MR) is 66.3 cm³/mol. The van der Waals surface area contributed by atoms with Gasteiger partial charge < -0.3 is 0 Å². The molecule has 0 aliphatic carbocycles. The van der Waals surface area contributed by atoms with Crippen LogP contribution >= 0.6 is 0 Å². The molecule has 0 saturated heterocycles. The highest BCUT2D eigenvalue weighted by molar-refractivity contribution is 7.70. The second-order valence-electron chi connectivity index (χ2n) is 3.32. The third-order valence-electron chi connectivity index (χ3n) is 2.14. The Morgan fingerprint density at radius 3 is 2.50 bits per heavy atom. The largest absolute Gasteiger partial charge is 0.272 e. The van der Waals surface area contributed by atoms with E-state index in [4.69, 9.17) is 0 Å². The fourth-order valence-electron chi connectivity index (χ4n) is 1.32. The third-order valence-corrected chi connectivity index (χ3v) is 2.99.